The Morgan fingerprint density at radius 1 is 1.17 bits per heavy atom. The first-order valence-corrected chi connectivity index (χ1v) is 7.92. The van der Waals surface area contributed by atoms with Crippen molar-refractivity contribution in [2.45, 2.75) is 6.42 Å². The van der Waals surface area contributed by atoms with E-state index >= 15 is 0 Å². The molecule has 0 radical (unpaired) electrons. The van der Waals surface area contributed by atoms with Gasteiger partial charge in [0.15, 0.2) is 11.5 Å². The van der Waals surface area contributed by atoms with Gasteiger partial charge >= 0.3 is 0 Å². The molecule has 0 spiro atoms. The number of anilines is 1. The second-order valence-corrected chi connectivity index (χ2v) is 5.96. The van der Waals surface area contributed by atoms with Gasteiger partial charge in [-0.1, -0.05) is 11.6 Å². The number of methoxy groups -OCH3 is 2. The molecule has 6 heteroatoms. The van der Waals surface area contributed by atoms with Crippen LogP contribution in [0.1, 0.15) is 5.56 Å². The fourth-order valence-electron chi connectivity index (χ4n) is 2.69. The van der Waals surface area contributed by atoms with Crippen molar-refractivity contribution in [3.05, 3.63) is 47.0 Å². The molecule has 1 aliphatic heterocycles. The third kappa shape index (κ3) is 3.41. The minimum absolute atomic E-state index is 0.104. The lowest BCUT2D eigenvalue weighted by Gasteiger charge is -2.24. The quantitative estimate of drug-likeness (QED) is 0.919. The third-order valence-corrected chi connectivity index (χ3v) is 4.19. The highest BCUT2D eigenvalue weighted by Crippen LogP contribution is 2.32. The first-order chi connectivity index (χ1) is 11.6. The summed E-state index contributed by atoms with van der Waals surface area (Å²) >= 11 is 6.01. The zero-order chi connectivity index (χ0) is 17.1. The molecule has 24 heavy (non-hydrogen) atoms. The van der Waals surface area contributed by atoms with E-state index in [9.17, 15) is 4.79 Å². The van der Waals surface area contributed by atoms with Gasteiger partial charge in [0, 0.05) is 16.8 Å². The summed E-state index contributed by atoms with van der Waals surface area (Å²) in [7, 11) is 3.12. The average Bonchev–Trinajstić information content (AvgIpc) is 2.60. The molecule has 1 heterocycles. The Bertz CT molecular complexity index is 763. The van der Waals surface area contributed by atoms with Gasteiger partial charge in [0.1, 0.15) is 12.4 Å². The molecule has 126 valence electrons. The van der Waals surface area contributed by atoms with Crippen molar-refractivity contribution >= 4 is 23.2 Å². The van der Waals surface area contributed by atoms with E-state index in [2.05, 4.69) is 5.32 Å². The summed E-state index contributed by atoms with van der Waals surface area (Å²) in [5.74, 6) is 1.58. The van der Waals surface area contributed by atoms with Crippen LogP contribution in [0.5, 0.6) is 17.2 Å². The summed E-state index contributed by atoms with van der Waals surface area (Å²) in [6.07, 6.45) is 0.592. The van der Waals surface area contributed by atoms with Gasteiger partial charge in [-0.05, 0) is 42.3 Å². The Labute approximate surface area is 145 Å². The lowest BCUT2D eigenvalue weighted by Crippen LogP contribution is -2.32. The molecule has 0 saturated carbocycles. The van der Waals surface area contributed by atoms with Gasteiger partial charge < -0.3 is 19.5 Å². The number of nitrogens with one attached hydrogen (secondary N) is 1. The summed E-state index contributed by atoms with van der Waals surface area (Å²) in [5.41, 5.74) is 1.59. The summed E-state index contributed by atoms with van der Waals surface area (Å²) < 4.78 is 16.1. The van der Waals surface area contributed by atoms with Crippen molar-refractivity contribution in [3.63, 3.8) is 0 Å². The molecule has 3 rings (SSSR count). The van der Waals surface area contributed by atoms with Crippen LogP contribution in [0, 0.1) is 5.92 Å². The maximum absolute atomic E-state index is 12.5. The summed E-state index contributed by atoms with van der Waals surface area (Å²) in [6.45, 7) is 0.341. The number of hydrogen-bond donors (Lipinski definition) is 1. The number of rotatable bonds is 4. The number of ether oxygens (including phenoxy) is 3. The fourth-order valence-corrected chi connectivity index (χ4v) is 2.88. The predicted octanol–water partition coefficient (Wildman–Crippen LogP) is 3.55. The molecule has 1 atom stereocenters. The minimum Gasteiger partial charge on any atom is -0.493 e. The van der Waals surface area contributed by atoms with E-state index in [1.54, 1.807) is 38.5 Å². The number of hydrogen-bond acceptors (Lipinski definition) is 4. The lowest BCUT2D eigenvalue weighted by atomic mass is 9.96. The van der Waals surface area contributed by atoms with Gasteiger partial charge in [-0.2, -0.15) is 0 Å². The largest absolute Gasteiger partial charge is 0.493 e. The minimum atomic E-state index is -0.274. The van der Waals surface area contributed by atoms with E-state index in [-0.39, 0.29) is 11.8 Å². The SMILES string of the molecule is COc1ccc(NC(=O)C2COc3ccc(Cl)cc3C2)cc1OC. The molecular weight excluding hydrogens is 330 g/mol. The highest BCUT2D eigenvalue weighted by Gasteiger charge is 2.26. The van der Waals surface area contributed by atoms with Gasteiger partial charge in [0.05, 0.1) is 20.1 Å². The third-order valence-electron chi connectivity index (χ3n) is 3.95. The van der Waals surface area contributed by atoms with Crippen LogP contribution >= 0.6 is 11.6 Å². The topological polar surface area (TPSA) is 56.8 Å². The number of carbonyl (C=O) groups excluding carboxylic acids is 1. The molecule has 1 aliphatic rings. The first kappa shape index (κ1) is 16.5. The monoisotopic (exact) mass is 347 g/mol. The molecule has 2 aromatic carbocycles. The molecule has 1 unspecified atom stereocenters. The molecule has 0 bridgehead atoms. The molecule has 1 amide bonds. The molecule has 0 aromatic heterocycles. The van der Waals surface area contributed by atoms with Gasteiger partial charge in [-0.15, -0.1) is 0 Å². The fraction of sp³-hybridized carbons (Fsp3) is 0.278. The lowest BCUT2D eigenvalue weighted by molar-refractivity contribution is -0.121. The van der Waals surface area contributed by atoms with Crippen LogP contribution in [0.25, 0.3) is 0 Å². The van der Waals surface area contributed by atoms with Crippen molar-refractivity contribution in [2.75, 3.05) is 26.1 Å². The second kappa shape index (κ2) is 7.01. The highest BCUT2D eigenvalue weighted by atomic mass is 35.5. The van der Waals surface area contributed by atoms with Crippen LogP contribution in [-0.2, 0) is 11.2 Å². The number of benzene rings is 2. The zero-order valence-electron chi connectivity index (χ0n) is 13.5. The summed E-state index contributed by atoms with van der Waals surface area (Å²) in [6, 6.07) is 10.7. The van der Waals surface area contributed by atoms with E-state index < -0.39 is 0 Å². The Morgan fingerprint density at radius 3 is 2.71 bits per heavy atom. The number of halogens is 1. The Balaban J connectivity index is 1.72. The van der Waals surface area contributed by atoms with E-state index in [0.29, 0.717) is 35.2 Å². The molecule has 5 nitrogen and oxygen atoms in total. The van der Waals surface area contributed by atoms with Crippen LogP contribution in [-0.4, -0.2) is 26.7 Å². The van der Waals surface area contributed by atoms with Gasteiger partial charge in [0.25, 0.3) is 0 Å². The molecule has 0 saturated heterocycles. The van der Waals surface area contributed by atoms with Crippen LogP contribution in [0.3, 0.4) is 0 Å². The number of fused-ring (bicyclic) bond motifs is 1. The van der Waals surface area contributed by atoms with E-state index in [1.807, 2.05) is 12.1 Å². The van der Waals surface area contributed by atoms with Gasteiger partial charge in [0.2, 0.25) is 5.91 Å². The Hall–Kier alpha value is -2.40. The average molecular weight is 348 g/mol. The smallest absolute Gasteiger partial charge is 0.231 e. The molecular formula is C18H18ClNO4. The second-order valence-electron chi connectivity index (χ2n) is 5.52. The highest BCUT2D eigenvalue weighted by molar-refractivity contribution is 6.30. The van der Waals surface area contributed by atoms with Crippen molar-refractivity contribution < 1.29 is 19.0 Å². The normalized spacial score (nSPS) is 15.9. The van der Waals surface area contributed by atoms with Gasteiger partial charge in [-0.3, -0.25) is 4.79 Å². The molecule has 2 aromatic rings. The summed E-state index contributed by atoms with van der Waals surface area (Å²) in [4.78, 5) is 12.5. The van der Waals surface area contributed by atoms with Crippen molar-refractivity contribution in [1.82, 2.24) is 0 Å². The van der Waals surface area contributed by atoms with E-state index in [4.69, 9.17) is 25.8 Å². The number of carbonyl (C=O) groups is 1. The molecule has 0 fully saturated rings. The predicted molar refractivity (Wildman–Crippen MR) is 92.3 cm³/mol. The maximum atomic E-state index is 12.5. The van der Waals surface area contributed by atoms with Crippen LogP contribution in [0.2, 0.25) is 5.02 Å². The maximum Gasteiger partial charge on any atom is 0.231 e. The standard InChI is InChI=1S/C18H18ClNO4/c1-22-16-6-4-14(9-17(16)23-2)20-18(21)12-7-11-8-13(19)3-5-15(11)24-10-12/h3-6,8-9,12H,7,10H2,1-2H3,(H,20,21). The van der Waals surface area contributed by atoms with E-state index in [1.165, 1.54) is 0 Å². The van der Waals surface area contributed by atoms with Crippen LogP contribution in [0.15, 0.2) is 36.4 Å². The van der Waals surface area contributed by atoms with Crippen molar-refractivity contribution in [3.8, 4) is 17.2 Å². The zero-order valence-corrected chi connectivity index (χ0v) is 14.2. The van der Waals surface area contributed by atoms with Crippen molar-refractivity contribution in [1.29, 1.82) is 0 Å². The van der Waals surface area contributed by atoms with Crippen LogP contribution < -0.4 is 19.5 Å². The Morgan fingerprint density at radius 2 is 1.96 bits per heavy atom. The van der Waals surface area contributed by atoms with Gasteiger partial charge in [-0.25, -0.2) is 0 Å². The first-order valence-electron chi connectivity index (χ1n) is 7.55. The molecule has 1 N–H and O–H groups in total. The number of amides is 1. The van der Waals surface area contributed by atoms with Crippen molar-refractivity contribution in [2.24, 2.45) is 5.92 Å². The molecule has 0 aliphatic carbocycles. The Kier molecular flexibility index (Phi) is 4.81. The summed E-state index contributed by atoms with van der Waals surface area (Å²) in [5, 5.41) is 3.53. The van der Waals surface area contributed by atoms with E-state index in [0.717, 1.165) is 11.3 Å². The van der Waals surface area contributed by atoms with Crippen LogP contribution in [0.4, 0.5) is 5.69 Å².